The van der Waals surface area contributed by atoms with Gasteiger partial charge in [0.15, 0.2) is 5.76 Å². The molecule has 0 atom stereocenters. The lowest BCUT2D eigenvalue weighted by molar-refractivity contribution is -0.114. The van der Waals surface area contributed by atoms with Crippen LogP contribution in [0.4, 0.5) is 5.69 Å². The van der Waals surface area contributed by atoms with E-state index in [-0.39, 0.29) is 17.3 Å². The molecule has 1 aromatic heterocycles. The summed E-state index contributed by atoms with van der Waals surface area (Å²) in [5.74, 6) is 0.400. The molecule has 1 amide bonds. The second-order valence-electron chi connectivity index (χ2n) is 5.46. The molecule has 7 nitrogen and oxygen atoms in total. The van der Waals surface area contributed by atoms with Crippen molar-refractivity contribution in [1.82, 2.24) is 9.46 Å². The molecule has 1 aliphatic rings. The van der Waals surface area contributed by atoms with E-state index >= 15 is 0 Å². The predicted molar refractivity (Wildman–Crippen MR) is 83.3 cm³/mol. The second-order valence-corrected chi connectivity index (χ2v) is 7.40. The van der Waals surface area contributed by atoms with Gasteiger partial charge in [-0.15, -0.1) is 0 Å². The van der Waals surface area contributed by atoms with Gasteiger partial charge in [-0.25, -0.2) is 8.42 Å². The third-order valence-electron chi connectivity index (χ3n) is 3.81. The van der Waals surface area contributed by atoms with Gasteiger partial charge in [0, 0.05) is 24.7 Å². The van der Waals surface area contributed by atoms with Crippen molar-refractivity contribution >= 4 is 21.6 Å². The summed E-state index contributed by atoms with van der Waals surface area (Å²) in [6.07, 6.45) is 0.591. The number of amides is 1. The maximum absolute atomic E-state index is 12.7. The van der Waals surface area contributed by atoms with Crippen LogP contribution in [0.1, 0.15) is 23.9 Å². The summed E-state index contributed by atoms with van der Waals surface area (Å²) in [5.41, 5.74) is 2.37. The fourth-order valence-electron chi connectivity index (χ4n) is 2.62. The van der Waals surface area contributed by atoms with Crippen molar-refractivity contribution in [2.24, 2.45) is 0 Å². The van der Waals surface area contributed by atoms with Crippen LogP contribution in [-0.2, 0) is 27.8 Å². The summed E-state index contributed by atoms with van der Waals surface area (Å²) < 4.78 is 32.0. The van der Waals surface area contributed by atoms with Gasteiger partial charge in [0.25, 0.3) is 0 Å². The predicted octanol–water partition coefficient (Wildman–Crippen LogP) is 1.69. The molecule has 0 radical (unpaired) electrons. The zero-order valence-electron chi connectivity index (χ0n) is 12.9. The van der Waals surface area contributed by atoms with Crippen LogP contribution in [0, 0.1) is 6.92 Å². The monoisotopic (exact) mass is 335 g/mol. The highest BCUT2D eigenvalue weighted by Gasteiger charge is 2.31. The Kier molecular flexibility index (Phi) is 3.95. The number of hydrogen-bond acceptors (Lipinski definition) is 5. The minimum atomic E-state index is -3.61. The average Bonchev–Trinajstić information content (AvgIpc) is 2.88. The van der Waals surface area contributed by atoms with E-state index in [9.17, 15) is 13.2 Å². The smallest absolute Gasteiger partial charge is 0.243 e. The van der Waals surface area contributed by atoms with Crippen LogP contribution in [0.15, 0.2) is 33.7 Å². The van der Waals surface area contributed by atoms with E-state index in [1.54, 1.807) is 12.1 Å². The maximum atomic E-state index is 12.7. The van der Waals surface area contributed by atoms with Crippen LogP contribution >= 0.6 is 0 Å². The van der Waals surface area contributed by atoms with E-state index in [4.69, 9.17) is 4.52 Å². The lowest BCUT2D eigenvalue weighted by Crippen LogP contribution is -2.35. The van der Waals surface area contributed by atoms with Gasteiger partial charge in [0.2, 0.25) is 15.9 Å². The van der Waals surface area contributed by atoms with E-state index in [2.05, 4.69) is 10.5 Å². The van der Waals surface area contributed by atoms with Crippen LogP contribution in [0.2, 0.25) is 0 Å². The molecule has 0 bridgehead atoms. The minimum Gasteiger partial charge on any atom is -0.359 e. The Labute approximate surface area is 134 Å². The lowest BCUT2D eigenvalue weighted by atomic mass is 10.1. The molecule has 0 saturated heterocycles. The minimum absolute atomic E-state index is 0.186. The molecule has 0 unspecified atom stereocenters. The molecule has 2 heterocycles. The second kappa shape index (κ2) is 5.78. The van der Waals surface area contributed by atoms with Gasteiger partial charge < -0.3 is 9.84 Å². The molecule has 1 aromatic carbocycles. The zero-order chi connectivity index (χ0) is 16.6. The Morgan fingerprint density at radius 3 is 2.65 bits per heavy atom. The van der Waals surface area contributed by atoms with Crippen molar-refractivity contribution in [2.75, 3.05) is 11.9 Å². The molecule has 23 heavy (non-hydrogen) atoms. The molecule has 0 aliphatic carbocycles. The number of benzene rings is 1. The third kappa shape index (κ3) is 2.99. The molecule has 8 heteroatoms. The molecule has 3 rings (SSSR count). The fraction of sp³-hybridized carbons (Fsp3) is 0.333. The third-order valence-corrected chi connectivity index (χ3v) is 5.67. The standard InChI is InChI=1S/C15H17N3O4S/c1-10-14-7-8-18(9-15(14)22-17-10)23(20,21)13-5-3-12(4-6-13)16-11(2)19/h3-6H,7-9H2,1-2H3,(H,16,19). The molecule has 1 N–H and O–H groups in total. The van der Waals surface area contributed by atoms with Crippen molar-refractivity contribution in [3.63, 3.8) is 0 Å². The van der Waals surface area contributed by atoms with E-state index in [0.29, 0.717) is 24.4 Å². The maximum Gasteiger partial charge on any atom is 0.243 e. The number of hydrogen-bond donors (Lipinski definition) is 1. The van der Waals surface area contributed by atoms with Crippen LogP contribution in [-0.4, -0.2) is 30.3 Å². The molecule has 1 aliphatic heterocycles. The first-order chi connectivity index (χ1) is 10.9. The number of aryl methyl sites for hydroxylation is 1. The van der Waals surface area contributed by atoms with Crippen molar-refractivity contribution in [3.8, 4) is 0 Å². The van der Waals surface area contributed by atoms with Gasteiger partial charge in [0.05, 0.1) is 17.1 Å². The van der Waals surface area contributed by atoms with Gasteiger partial charge >= 0.3 is 0 Å². The quantitative estimate of drug-likeness (QED) is 0.921. The molecular formula is C15H17N3O4S. The van der Waals surface area contributed by atoms with Gasteiger partial charge in [-0.05, 0) is 37.6 Å². The Morgan fingerprint density at radius 2 is 2.00 bits per heavy atom. The fourth-order valence-corrected chi connectivity index (χ4v) is 4.02. The van der Waals surface area contributed by atoms with Crippen LogP contribution < -0.4 is 5.32 Å². The number of carbonyl (C=O) groups is 1. The van der Waals surface area contributed by atoms with Gasteiger partial charge in [-0.2, -0.15) is 4.31 Å². The highest BCUT2D eigenvalue weighted by atomic mass is 32.2. The Morgan fingerprint density at radius 1 is 1.30 bits per heavy atom. The lowest BCUT2D eigenvalue weighted by Gasteiger charge is -2.25. The number of rotatable bonds is 3. The summed E-state index contributed by atoms with van der Waals surface area (Å²) in [6, 6.07) is 6.12. The van der Waals surface area contributed by atoms with Crippen molar-refractivity contribution in [1.29, 1.82) is 0 Å². The van der Waals surface area contributed by atoms with Crippen LogP contribution in [0.3, 0.4) is 0 Å². The molecule has 2 aromatic rings. The summed E-state index contributed by atoms with van der Waals surface area (Å²) in [6.45, 7) is 3.83. The average molecular weight is 335 g/mol. The van der Waals surface area contributed by atoms with Gasteiger partial charge in [0.1, 0.15) is 0 Å². The van der Waals surface area contributed by atoms with Crippen molar-refractivity contribution in [3.05, 3.63) is 41.3 Å². The molecule has 122 valence electrons. The van der Waals surface area contributed by atoms with E-state index < -0.39 is 10.0 Å². The van der Waals surface area contributed by atoms with Crippen LogP contribution in [0.25, 0.3) is 0 Å². The summed E-state index contributed by atoms with van der Waals surface area (Å²) in [4.78, 5) is 11.2. The number of sulfonamides is 1. The van der Waals surface area contributed by atoms with E-state index in [1.807, 2.05) is 6.92 Å². The first kappa shape index (κ1) is 15.7. The number of nitrogens with zero attached hydrogens (tertiary/aromatic N) is 2. The zero-order valence-corrected chi connectivity index (χ0v) is 13.7. The van der Waals surface area contributed by atoms with E-state index in [1.165, 1.54) is 23.4 Å². The molecule has 0 saturated carbocycles. The SMILES string of the molecule is CC(=O)Nc1ccc(S(=O)(=O)N2CCc3c(C)noc3C2)cc1. The molecular weight excluding hydrogens is 318 g/mol. The number of aromatic nitrogens is 1. The number of fused-ring (bicyclic) bond motifs is 1. The highest BCUT2D eigenvalue weighted by Crippen LogP contribution is 2.27. The number of carbonyl (C=O) groups excluding carboxylic acids is 1. The Hall–Kier alpha value is -2.19. The van der Waals surface area contributed by atoms with Crippen molar-refractivity contribution in [2.45, 2.75) is 31.7 Å². The number of nitrogens with one attached hydrogen (secondary N) is 1. The highest BCUT2D eigenvalue weighted by molar-refractivity contribution is 7.89. The molecule has 0 fully saturated rings. The Bertz CT molecular complexity index is 840. The topological polar surface area (TPSA) is 92.5 Å². The van der Waals surface area contributed by atoms with E-state index in [0.717, 1.165) is 11.3 Å². The number of anilines is 1. The van der Waals surface area contributed by atoms with Gasteiger partial charge in [-0.1, -0.05) is 5.16 Å². The summed E-state index contributed by atoms with van der Waals surface area (Å²) in [7, 11) is -3.61. The van der Waals surface area contributed by atoms with Crippen LogP contribution in [0.5, 0.6) is 0 Å². The first-order valence-corrected chi connectivity index (χ1v) is 8.64. The Balaban J connectivity index is 1.83. The van der Waals surface area contributed by atoms with Gasteiger partial charge in [-0.3, -0.25) is 4.79 Å². The summed E-state index contributed by atoms with van der Waals surface area (Å²) >= 11 is 0. The van der Waals surface area contributed by atoms with Crippen molar-refractivity contribution < 1.29 is 17.7 Å². The largest absolute Gasteiger partial charge is 0.359 e. The summed E-state index contributed by atoms with van der Waals surface area (Å²) in [5, 5.41) is 6.50. The normalized spacial score (nSPS) is 15.2. The molecule has 0 spiro atoms. The first-order valence-electron chi connectivity index (χ1n) is 7.20.